The van der Waals surface area contributed by atoms with Crippen LogP contribution in [0.15, 0.2) is 23.1 Å². The molecule has 2 N–H and O–H groups in total. The van der Waals surface area contributed by atoms with Crippen molar-refractivity contribution in [2.45, 2.75) is 17.9 Å². The molecule has 0 aliphatic rings. The number of sulfonamides is 1. The average molecular weight is 251 g/mol. The second-order valence-electron chi connectivity index (χ2n) is 3.28. The molecule has 4 nitrogen and oxygen atoms in total. The van der Waals surface area contributed by atoms with Gasteiger partial charge in [-0.3, -0.25) is 0 Å². The minimum Gasteiger partial charge on any atom is -0.392 e. The Morgan fingerprint density at radius 2 is 2.00 bits per heavy atom. The van der Waals surface area contributed by atoms with Gasteiger partial charge in [0.15, 0.2) is 11.6 Å². The molecule has 1 rings (SSSR count). The van der Waals surface area contributed by atoms with Gasteiger partial charge in [-0.05, 0) is 25.1 Å². The van der Waals surface area contributed by atoms with E-state index < -0.39 is 27.8 Å². The van der Waals surface area contributed by atoms with E-state index in [0.717, 1.165) is 12.1 Å². The molecule has 0 saturated heterocycles. The molecule has 0 bridgehead atoms. The van der Waals surface area contributed by atoms with Gasteiger partial charge >= 0.3 is 0 Å². The van der Waals surface area contributed by atoms with Gasteiger partial charge in [0, 0.05) is 6.54 Å². The van der Waals surface area contributed by atoms with E-state index in [1.165, 1.54) is 6.92 Å². The molecular formula is C9H11F2NO3S. The molecule has 0 radical (unpaired) electrons. The van der Waals surface area contributed by atoms with Gasteiger partial charge in [0.25, 0.3) is 0 Å². The molecule has 0 aromatic heterocycles. The zero-order valence-electron chi connectivity index (χ0n) is 8.44. The van der Waals surface area contributed by atoms with Crippen LogP contribution in [-0.2, 0) is 10.0 Å². The third-order valence-electron chi connectivity index (χ3n) is 1.77. The van der Waals surface area contributed by atoms with E-state index in [4.69, 9.17) is 5.11 Å². The van der Waals surface area contributed by atoms with Crippen LogP contribution in [0.5, 0.6) is 0 Å². The molecule has 0 amide bonds. The maximum absolute atomic E-state index is 12.8. The molecule has 1 aromatic carbocycles. The molecule has 1 aromatic rings. The number of nitrogens with one attached hydrogen (secondary N) is 1. The zero-order valence-corrected chi connectivity index (χ0v) is 9.26. The summed E-state index contributed by atoms with van der Waals surface area (Å²) < 4.78 is 50.4. The van der Waals surface area contributed by atoms with Crippen LogP contribution in [0.3, 0.4) is 0 Å². The van der Waals surface area contributed by atoms with Gasteiger partial charge < -0.3 is 5.11 Å². The molecule has 0 fully saturated rings. The fourth-order valence-corrected chi connectivity index (χ4v) is 2.09. The van der Waals surface area contributed by atoms with Crippen LogP contribution in [0.2, 0.25) is 0 Å². The van der Waals surface area contributed by atoms with Crippen molar-refractivity contribution < 1.29 is 22.3 Å². The van der Waals surface area contributed by atoms with Crippen molar-refractivity contribution in [2.24, 2.45) is 0 Å². The van der Waals surface area contributed by atoms with E-state index in [1.54, 1.807) is 0 Å². The van der Waals surface area contributed by atoms with Crippen molar-refractivity contribution in [3.8, 4) is 0 Å². The second kappa shape index (κ2) is 4.86. The zero-order chi connectivity index (χ0) is 12.3. The molecule has 7 heteroatoms. The SMILES string of the molecule is CC(O)CNS(=O)(=O)c1ccc(F)c(F)c1. The summed E-state index contributed by atoms with van der Waals surface area (Å²) in [5.74, 6) is -2.35. The van der Waals surface area contributed by atoms with Crippen LogP contribution in [-0.4, -0.2) is 26.2 Å². The standard InChI is InChI=1S/C9H11F2NO3S/c1-6(13)5-12-16(14,15)7-2-3-8(10)9(11)4-7/h2-4,6,12-13H,5H2,1H3. The molecule has 0 heterocycles. The van der Waals surface area contributed by atoms with Crippen LogP contribution >= 0.6 is 0 Å². The van der Waals surface area contributed by atoms with Crippen LogP contribution in [0, 0.1) is 11.6 Å². The van der Waals surface area contributed by atoms with Crippen molar-refractivity contribution in [2.75, 3.05) is 6.54 Å². The number of aliphatic hydroxyl groups excluding tert-OH is 1. The molecule has 0 spiro atoms. The Hall–Kier alpha value is -1.05. The first-order valence-corrected chi connectivity index (χ1v) is 5.94. The fourth-order valence-electron chi connectivity index (χ4n) is 0.958. The molecule has 0 aliphatic carbocycles. The van der Waals surface area contributed by atoms with Crippen molar-refractivity contribution >= 4 is 10.0 Å². The first-order valence-electron chi connectivity index (χ1n) is 4.45. The van der Waals surface area contributed by atoms with Crippen molar-refractivity contribution in [1.82, 2.24) is 4.72 Å². The van der Waals surface area contributed by atoms with E-state index in [-0.39, 0.29) is 11.4 Å². The van der Waals surface area contributed by atoms with Gasteiger partial charge in [-0.1, -0.05) is 0 Å². The fraction of sp³-hybridized carbons (Fsp3) is 0.333. The summed E-state index contributed by atoms with van der Waals surface area (Å²) in [6, 6.07) is 2.26. The first-order chi connectivity index (χ1) is 7.33. The van der Waals surface area contributed by atoms with Gasteiger partial charge in [-0.25, -0.2) is 21.9 Å². The maximum atomic E-state index is 12.8. The Balaban J connectivity index is 2.94. The average Bonchev–Trinajstić information content (AvgIpc) is 2.19. The highest BCUT2D eigenvalue weighted by atomic mass is 32.2. The van der Waals surface area contributed by atoms with Crippen LogP contribution < -0.4 is 4.72 Å². The van der Waals surface area contributed by atoms with Crippen molar-refractivity contribution in [3.63, 3.8) is 0 Å². The number of rotatable bonds is 4. The normalized spacial score (nSPS) is 13.8. The van der Waals surface area contributed by atoms with Crippen LogP contribution in [0.1, 0.15) is 6.92 Å². The molecular weight excluding hydrogens is 240 g/mol. The topological polar surface area (TPSA) is 66.4 Å². The van der Waals surface area contributed by atoms with Crippen LogP contribution in [0.25, 0.3) is 0 Å². The predicted molar refractivity (Wildman–Crippen MR) is 53.2 cm³/mol. The van der Waals surface area contributed by atoms with Crippen LogP contribution in [0.4, 0.5) is 8.78 Å². The van der Waals surface area contributed by atoms with E-state index >= 15 is 0 Å². The molecule has 1 atom stereocenters. The van der Waals surface area contributed by atoms with E-state index in [0.29, 0.717) is 6.07 Å². The summed E-state index contributed by atoms with van der Waals surface area (Å²) in [5, 5.41) is 8.90. The van der Waals surface area contributed by atoms with E-state index in [1.807, 2.05) is 0 Å². The summed E-state index contributed by atoms with van der Waals surface area (Å²) in [6.45, 7) is 1.20. The number of hydrogen-bond donors (Lipinski definition) is 2. The Bertz CT molecular complexity index is 474. The third-order valence-corrected chi connectivity index (χ3v) is 3.19. The van der Waals surface area contributed by atoms with E-state index in [2.05, 4.69) is 4.72 Å². The largest absolute Gasteiger partial charge is 0.392 e. The lowest BCUT2D eigenvalue weighted by Crippen LogP contribution is -2.30. The highest BCUT2D eigenvalue weighted by Gasteiger charge is 2.16. The summed E-state index contributed by atoms with van der Waals surface area (Å²) in [5.41, 5.74) is 0. The minimum atomic E-state index is -3.91. The highest BCUT2D eigenvalue weighted by molar-refractivity contribution is 7.89. The Labute approximate surface area is 92.0 Å². The summed E-state index contributed by atoms with van der Waals surface area (Å²) in [7, 11) is -3.91. The van der Waals surface area contributed by atoms with Gasteiger partial charge in [0.2, 0.25) is 10.0 Å². The number of aliphatic hydroxyl groups is 1. The number of halogens is 2. The Morgan fingerprint density at radius 1 is 1.38 bits per heavy atom. The van der Waals surface area contributed by atoms with Crippen molar-refractivity contribution in [3.05, 3.63) is 29.8 Å². The Kier molecular flexibility index (Phi) is 3.95. The first kappa shape index (κ1) is 13.0. The quantitative estimate of drug-likeness (QED) is 0.824. The molecule has 1 unspecified atom stereocenters. The lowest BCUT2D eigenvalue weighted by atomic mass is 10.3. The minimum absolute atomic E-state index is 0.193. The monoisotopic (exact) mass is 251 g/mol. The third kappa shape index (κ3) is 3.22. The van der Waals surface area contributed by atoms with E-state index in [9.17, 15) is 17.2 Å². The number of hydrogen-bond acceptors (Lipinski definition) is 3. The number of benzene rings is 1. The Morgan fingerprint density at radius 3 is 2.50 bits per heavy atom. The van der Waals surface area contributed by atoms with Gasteiger partial charge in [0.05, 0.1) is 11.0 Å². The lowest BCUT2D eigenvalue weighted by Gasteiger charge is -2.08. The second-order valence-corrected chi connectivity index (χ2v) is 5.04. The maximum Gasteiger partial charge on any atom is 0.240 e. The predicted octanol–water partition coefficient (Wildman–Crippen LogP) is 0.624. The lowest BCUT2D eigenvalue weighted by molar-refractivity contribution is 0.198. The smallest absolute Gasteiger partial charge is 0.240 e. The van der Waals surface area contributed by atoms with Crippen molar-refractivity contribution in [1.29, 1.82) is 0 Å². The van der Waals surface area contributed by atoms with Gasteiger partial charge in [-0.15, -0.1) is 0 Å². The molecule has 16 heavy (non-hydrogen) atoms. The molecule has 0 aliphatic heterocycles. The summed E-state index contributed by atoms with van der Waals surface area (Å²) >= 11 is 0. The van der Waals surface area contributed by atoms with Gasteiger partial charge in [-0.2, -0.15) is 0 Å². The van der Waals surface area contributed by atoms with Gasteiger partial charge in [0.1, 0.15) is 0 Å². The summed E-state index contributed by atoms with van der Waals surface area (Å²) in [6.07, 6.45) is -0.861. The molecule has 0 saturated carbocycles. The summed E-state index contributed by atoms with van der Waals surface area (Å²) in [4.78, 5) is -0.382. The molecule has 90 valence electrons. The highest BCUT2D eigenvalue weighted by Crippen LogP contribution is 2.13.